The van der Waals surface area contributed by atoms with Crippen molar-refractivity contribution in [2.45, 2.75) is 77.0 Å². The number of hydrogen-bond donors (Lipinski definition) is 1. The third-order valence-corrected chi connectivity index (χ3v) is 10.1. The molecule has 4 aromatic carbocycles. The van der Waals surface area contributed by atoms with Gasteiger partial charge >= 0.3 is 0 Å². The van der Waals surface area contributed by atoms with Crippen LogP contribution in [0.5, 0.6) is 0 Å². The predicted octanol–water partition coefficient (Wildman–Crippen LogP) is 8.50. The number of allylic oxidation sites excluding steroid dienone is 1. The summed E-state index contributed by atoms with van der Waals surface area (Å²) < 4.78 is 29.1. The maximum absolute atomic E-state index is 10.8. The van der Waals surface area contributed by atoms with Gasteiger partial charge in [-0.2, -0.15) is 0 Å². The van der Waals surface area contributed by atoms with E-state index in [1.54, 1.807) is 0 Å². The van der Waals surface area contributed by atoms with Crippen LogP contribution in [0.4, 0.5) is 0 Å². The molecular formula is C46H49NO5. The number of rotatable bonds is 15. The lowest BCUT2D eigenvalue weighted by molar-refractivity contribution is -0.213. The Labute approximate surface area is 308 Å². The lowest BCUT2D eigenvalue weighted by atomic mass is 9.89. The van der Waals surface area contributed by atoms with Gasteiger partial charge < -0.3 is 28.6 Å². The SMILES string of the molecule is CCc1ccc(Cn2ccc3c2CC=C(C2CC(OCc4ccccc4)[C@H](OCc4ccccc4)C(COCc4ccccc4)O2)C(CO)=C3)cc1. The molecule has 0 bridgehead atoms. The molecule has 0 spiro atoms. The summed E-state index contributed by atoms with van der Waals surface area (Å²) in [6.45, 7) is 4.58. The number of aryl methyl sites for hydroxylation is 1. The van der Waals surface area contributed by atoms with E-state index < -0.39 is 6.10 Å². The van der Waals surface area contributed by atoms with E-state index in [4.69, 9.17) is 18.9 Å². The smallest absolute Gasteiger partial charge is 0.113 e. The molecule has 2 heterocycles. The fraction of sp³-hybridized carbons (Fsp3) is 0.304. The Morgan fingerprint density at radius 1 is 0.712 bits per heavy atom. The fourth-order valence-electron chi connectivity index (χ4n) is 7.25. The Kier molecular flexibility index (Phi) is 12.2. The molecule has 0 amide bonds. The van der Waals surface area contributed by atoms with Gasteiger partial charge in [-0.1, -0.05) is 128 Å². The number of benzene rings is 4. The predicted molar refractivity (Wildman–Crippen MR) is 206 cm³/mol. The molecule has 7 rings (SSSR count). The standard InChI is InChI=1S/C46H49NO5/c1-2-34-18-20-35(21-19-34)28-47-25-24-39-26-40(29-48)41(22-23-42(39)47)43-27-44(50-31-37-14-8-4-9-15-37)46(51-32-38-16-10-5-11-17-38)45(52-43)33-49-30-36-12-6-3-7-13-36/h3-22,24-26,43-46,48H,2,23,27-33H2,1H3/t43?,44?,45?,46-/m0/s1. The van der Waals surface area contributed by atoms with E-state index in [9.17, 15) is 5.11 Å². The van der Waals surface area contributed by atoms with Crippen molar-refractivity contribution in [1.82, 2.24) is 4.57 Å². The Morgan fingerprint density at radius 3 is 1.96 bits per heavy atom. The van der Waals surface area contributed by atoms with Gasteiger partial charge in [-0.05, 0) is 63.1 Å². The lowest BCUT2D eigenvalue weighted by Crippen LogP contribution is -2.53. The van der Waals surface area contributed by atoms with E-state index >= 15 is 0 Å². The average molecular weight is 696 g/mol. The topological polar surface area (TPSA) is 62.1 Å². The average Bonchev–Trinajstić information content (AvgIpc) is 3.46. The molecule has 1 aromatic heterocycles. The number of fused-ring (bicyclic) bond motifs is 1. The summed E-state index contributed by atoms with van der Waals surface area (Å²) in [6, 6.07) is 41.7. The first-order valence-electron chi connectivity index (χ1n) is 18.5. The summed E-state index contributed by atoms with van der Waals surface area (Å²) in [6.07, 6.45) is 7.50. The molecule has 2 aliphatic rings. The van der Waals surface area contributed by atoms with E-state index in [1.165, 1.54) is 16.8 Å². The molecule has 1 aliphatic carbocycles. The number of nitrogens with zero attached hydrogens (tertiary/aromatic N) is 1. The molecule has 1 fully saturated rings. The van der Waals surface area contributed by atoms with Crippen LogP contribution in [0.25, 0.3) is 6.08 Å². The molecule has 268 valence electrons. The Bertz CT molecular complexity index is 1900. The molecule has 0 radical (unpaired) electrons. The van der Waals surface area contributed by atoms with E-state index in [-0.39, 0.29) is 24.9 Å². The maximum atomic E-state index is 10.8. The first-order chi connectivity index (χ1) is 25.7. The van der Waals surface area contributed by atoms with Crippen LogP contribution in [0, 0.1) is 0 Å². The number of hydrogen-bond acceptors (Lipinski definition) is 5. The molecular weight excluding hydrogens is 647 g/mol. The summed E-state index contributed by atoms with van der Waals surface area (Å²) in [7, 11) is 0. The Hall–Kier alpha value is -4.56. The lowest BCUT2D eigenvalue weighted by Gasteiger charge is -2.42. The van der Waals surface area contributed by atoms with Crippen molar-refractivity contribution in [2.75, 3.05) is 13.2 Å². The zero-order valence-electron chi connectivity index (χ0n) is 30.0. The van der Waals surface area contributed by atoms with Crippen molar-refractivity contribution < 1.29 is 24.1 Å². The molecule has 3 unspecified atom stereocenters. The van der Waals surface area contributed by atoms with Gasteiger partial charge in [-0.3, -0.25) is 0 Å². The van der Waals surface area contributed by atoms with Gasteiger partial charge in [-0.25, -0.2) is 0 Å². The molecule has 5 aromatic rings. The van der Waals surface area contributed by atoms with Crippen molar-refractivity contribution in [3.05, 3.63) is 184 Å². The largest absolute Gasteiger partial charge is 0.392 e. The summed E-state index contributed by atoms with van der Waals surface area (Å²) in [5.41, 5.74) is 10.1. The minimum Gasteiger partial charge on any atom is -0.392 e. The highest BCUT2D eigenvalue weighted by atomic mass is 16.6. The van der Waals surface area contributed by atoms with Crippen molar-refractivity contribution in [1.29, 1.82) is 0 Å². The molecule has 6 nitrogen and oxygen atoms in total. The van der Waals surface area contributed by atoms with Gasteiger partial charge in [0.05, 0.1) is 45.2 Å². The van der Waals surface area contributed by atoms with Gasteiger partial charge in [0, 0.05) is 31.3 Å². The van der Waals surface area contributed by atoms with Crippen LogP contribution >= 0.6 is 0 Å². The zero-order valence-corrected chi connectivity index (χ0v) is 30.0. The second kappa shape index (κ2) is 17.8. The maximum Gasteiger partial charge on any atom is 0.113 e. The van der Waals surface area contributed by atoms with Crippen LogP contribution < -0.4 is 0 Å². The van der Waals surface area contributed by atoms with Crippen molar-refractivity contribution in [3.63, 3.8) is 0 Å². The normalized spacial score (nSPS) is 20.1. The second-order valence-corrected chi connectivity index (χ2v) is 13.7. The van der Waals surface area contributed by atoms with Crippen molar-refractivity contribution in [2.24, 2.45) is 0 Å². The van der Waals surface area contributed by atoms with E-state index in [2.05, 4.69) is 96.6 Å². The quantitative estimate of drug-likeness (QED) is 0.119. The minimum absolute atomic E-state index is 0.0898. The number of aliphatic hydroxyl groups is 1. The summed E-state index contributed by atoms with van der Waals surface area (Å²) in [5, 5.41) is 10.8. The molecule has 1 N–H and O–H groups in total. The fourth-order valence-corrected chi connectivity index (χ4v) is 7.25. The highest BCUT2D eigenvalue weighted by Crippen LogP contribution is 2.36. The zero-order chi connectivity index (χ0) is 35.5. The van der Waals surface area contributed by atoms with Crippen LogP contribution in [0.2, 0.25) is 0 Å². The molecule has 1 aliphatic heterocycles. The number of aliphatic hydroxyl groups excluding tert-OH is 1. The first-order valence-corrected chi connectivity index (χ1v) is 18.5. The molecule has 52 heavy (non-hydrogen) atoms. The van der Waals surface area contributed by atoms with Gasteiger partial charge in [0.25, 0.3) is 0 Å². The number of aromatic nitrogens is 1. The molecule has 6 heteroatoms. The third kappa shape index (κ3) is 9.08. The second-order valence-electron chi connectivity index (χ2n) is 13.7. The van der Waals surface area contributed by atoms with Gasteiger partial charge in [0.15, 0.2) is 0 Å². The molecule has 4 atom stereocenters. The van der Waals surface area contributed by atoms with Crippen molar-refractivity contribution >= 4 is 6.08 Å². The van der Waals surface area contributed by atoms with Gasteiger partial charge in [0.2, 0.25) is 0 Å². The summed E-state index contributed by atoms with van der Waals surface area (Å²) in [4.78, 5) is 0. The Morgan fingerprint density at radius 2 is 1.33 bits per heavy atom. The van der Waals surface area contributed by atoms with Gasteiger partial charge in [0.1, 0.15) is 12.2 Å². The third-order valence-electron chi connectivity index (χ3n) is 10.1. The van der Waals surface area contributed by atoms with Crippen molar-refractivity contribution in [3.8, 4) is 0 Å². The van der Waals surface area contributed by atoms with Crippen LogP contribution in [-0.4, -0.2) is 47.3 Å². The van der Waals surface area contributed by atoms with E-state index in [1.807, 2.05) is 54.6 Å². The van der Waals surface area contributed by atoms with Crippen LogP contribution in [0.3, 0.4) is 0 Å². The first kappa shape index (κ1) is 35.8. The van der Waals surface area contributed by atoms with Crippen LogP contribution in [0.15, 0.2) is 145 Å². The van der Waals surface area contributed by atoms with Crippen LogP contribution in [0.1, 0.15) is 52.4 Å². The monoisotopic (exact) mass is 695 g/mol. The minimum atomic E-state index is -0.404. The summed E-state index contributed by atoms with van der Waals surface area (Å²) in [5.74, 6) is 0. The van der Waals surface area contributed by atoms with Crippen LogP contribution in [-0.2, 0) is 58.2 Å². The highest BCUT2D eigenvalue weighted by molar-refractivity contribution is 5.64. The van der Waals surface area contributed by atoms with Gasteiger partial charge in [-0.15, -0.1) is 0 Å². The summed E-state index contributed by atoms with van der Waals surface area (Å²) >= 11 is 0. The van der Waals surface area contributed by atoms with E-state index in [0.29, 0.717) is 32.8 Å². The number of ether oxygens (including phenoxy) is 4. The molecule has 0 saturated carbocycles. The molecule has 1 saturated heterocycles. The van der Waals surface area contributed by atoms with E-state index in [0.717, 1.165) is 52.8 Å². The Balaban J connectivity index is 1.16. The highest BCUT2D eigenvalue weighted by Gasteiger charge is 2.42.